The molecule has 0 bridgehead atoms. The van der Waals surface area contributed by atoms with Gasteiger partial charge in [-0.15, -0.1) is 0 Å². The van der Waals surface area contributed by atoms with E-state index in [0.717, 1.165) is 24.1 Å². The lowest BCUT2D eigenvalue weighted by Gasteiger charge is -2.23. The summed E-state index contributed by atoms with van der Waals surface area (Å²) in [6.45, 7) is 12.3. The molecule has 0 radical (unpaired) electrons. The highest BCUT2D eigenvalue weighted by molar-refractivity contribution is 6.12. The second-order valence-corrected chi connectivity index (χ2v) is 9.70. The van der Waals surface area contributed by atoms with Crippen LogP contribution in [0.15, 0.2) is 98.9 Å². The highest BCUT2D eigenvalue weighted by atomic mass is 16.2. The predicted molar refractivity (Wildman–Crippen MR) is 174 cm³/mol. The van der Waals surface area contributed by atoms with Crippen molar-refractivity contribution in [3.8, 4) is 6.07 Å². The number of urea groups is 1. The van der Waals surface area contributed by atoms with Gasteiger partial charge >= 0.3 is 6.03 Å². The minimum atomic E-state index is -0.599. The lowest BCUT2D eigenvalue weighted by Crippen LogP contribution is -2.42. The van der Waals surface area contributed by atoms with Crippen LogP contribution >= 0.6 is 0 Å². The van der Waals surface area contributed by atoms with Crippen molar-refractivity contribution in [1.82, 2.24) is 15.1 Å². The number of carbonyl (C=O) groups is 2. The number of rotatable bonds is 13. The molecule has 1 N–H and O–H groups in total. The van der Waals surface area contributed by atoms with Crippen LogP contribution in [-0.4, -0.2) is 59.8 Å². The highest BCUT2D eigenvalue weighted by Crippen LogP contribution is 2.16. The van der Waals surface area contributed by atoms with Gasteiger partial charge in [-0.3, -0.25) is 19.7 Å². The fraction of sp³-hybridized carbons (Fsp3) is 0.394. The van der Waals surface area contributed by atoms with Gasteiger partial charge in [-0.2, -0.15) is 10.3 Å². The molecule has 9 nitrogen and oxygen atoms in total. The van der Waals surface area contributed by atoms with Crippen molar-refractivity contribution in [3.05, 3.63) is 83.9 Å². The first-order chi connectivity index (χ1) is 20.2. The molecule has 1 rings (SSSR count). The van der Waals surface area contributed by atoms with Crippen LogP contribution in [0, 0.1) is 17.2 Å². The van der Waals surface area contributed by atoms with E-state index < -0.39 is 6.03 Å². The molecule has 0 atom stereocenters. The van der Waals surface area contributed by atoms with Crippen LogP contribution in [-0.2, 0) is 4.79 Å². The highest BCUT2D eigenvalue weighted by Gasteiger charge is 2.17. The summed E-state index contributed by atoms with van der Waals surface area (Å²) in [7, 11) is 1.55. The van der Waals surface area contributed by atoms with Crippen LogP contribution in [0.25, 0.3) is 0 Å². The van der Waals surface area contributed by atoms with E-state index in [9.17, 15) is 14.9 Å². The first-order valence-electron chi connectivity index (χ1n) is 14.3. The van der Waals surface area contributed by atoms with Gasteiger partial charge in [0.05, 0.1) is 17.8 Å². The number of hydrogen-bond acceptors (Lipinski definition) is 5. The van der Waals surface area contributed by atoms with Crippen molar-refractivity contribution < 1.29 is 9.59 Å². The Morgan fingerprint density at radius 1 is 1.19 bits per heavy atom. The van der Waals surface area contributed by atoms with Gasteiger partial charge in [-0.05, 0) is 75.0 Å². The number of amides is 3. The molecule has 3 amide bonds. The Bertz CT molecular complexity index is 1250. The van der Waals surface area contributed by atoms with Crippen LogP contribution in [0.3, 0.4) is 0 Å². The third kappa shape index (κ3) is 13.2. The van der Waals surface area contributed by atoms with E-state index in [0.29, 0.717) is 30.0 Å². The zero-order valence-corrected chi connectivity index (χ0v) is 26.0. The quantitative estimate of drug-likeness (QED) is 0.0877. The maximum Gasteiger partial charge on any atom is 0.350 e. The number of nitriles is 1. The van der Waals surface area contributed by atoms with Gasteiger partial charge in [-0.25, -0.2) is 4.79 Å². The van der Waals surface area contributed by atoms with Crippen molar-refractivity contribution in [2.24, 2.45) is 20.9 Å². The third-order valence-corrected chi connectivity index (χ3v) is 6.03. The molecule has 0 fully saturated rings. The van der Waals surface area contributed by atoms with Crippen LogP contribution in [0.4, 0.5) is 4.79 Å². The minimum Gasteiger partial charge on any atom is -0.325 e. The lowest BCUT2D eigenvalue weighted by molar-refractivity contribution is -0.114. The van der Waals surface area contributed by atoms with Gasteiger partial charge in [0.1, 0.15) is 0 Å². The zero-order valence-electron chi connectivity index (χ0n) is 26.0. The van der Waals surface area contributed by atoms with Gasteiger partial charge in [0.25, 0.3) is 0 Å². The number of aliphatic imine (C=N–C) groups is 3. The molecule has 1 aliphatic rings. The summed E-state index contributed by atoms with van der Waals surface area (Å²) in [4.78, 5) is 40.9. The molecule has 0 aliphatic heterocycles. The molecular weight excluding hydrogens is 526 g/mol. The zero-order chi connectivity index (χ0) is 31.3. The summed E-state index contributed by atoms with van der Waals surface area (Å²) in [6, 6.07) is 1.79. The van der Waals surface area contributed by atoms with Crippen molar-refractivity contribution in [3.63, 3.8) is 0 Å². The molecule has 0 aromatic heterocycles. The van der Waals surface area contributed by atoms with Crippen LogP contribution in [0.1, 0.15) is 60.8 Å². The van der Waals surface area contributed by atoms with E-state index in [1.165, 1.54) is 22.2 Å². The number of carbonyl (C=O) groups excluding carboxylic acids is 2. The molecule has 0 saturated heterocycles. The fourth-order valence-corrected chi connectivity index (χ4v) is 3.51. The molecule has 0 saturated carbocycles. The maximum atomic E-state index is 13.0. The van der Waals surface area contributed by atoms with Crippen molar-refractivity contribution in [2.45, 2.75) is 66.8 Å². The van der Waals surface area contributed by atoms with E-state index in [2.05, 4.69) is 35.2 Å². The summed E-state index contributed by atoms with van der Waals surface area (Å²) in [5.41, 5.74) is 2.95. The molecule has 224 valence electrons. The van der Waals surface area contributed by atoms with E-state index in [1.54, 1.807) is 31.5 Å². The number of hydrogen-bond donors (Lipinski definition) is 1. The first kappa shape index (κ1) is 35.4. The second kappa shape index (κ2) is 20.3. The first-order valence-corrected chi connectivity index (χ1v) is 14.3. The SMILES string of the molecule is C\C=C/C=N\C=C\N(C)C(=O)/N=C(/NC1=CC(=C/C)/C(=N\C(CC)CC)C=C1)N(C=O)CC/C=C(C#N)\C=C/C(C)C. The second-order valence-electron chi connectivity index (χ2n) is 9.70. The van der Waals surface area contributed by atoms with E-state index in [-0.39, 0.29) is 18.5 Å². The summed E-state index contributed by atoms with van der Waals surface area (Å²) in [5.74, 6) is 0.366. The van der Waals surface area contributed by atoms with Crippen molar-refractivity contribution >= 4 is 30.3 Å². The third-order valence-electron chi connectivity index (χ3n) is 6.03. The molecule has 0 heterocycles. The Hall–Kier alpha value is -4.58. The fourth-order valence-electron chi connectivity index (χ4n) is 3.51. The summed E-state index contributed by atoms with van der Waals surface area (Å²) in [5, 5.41) is 12.6. The van der Waals surface area contributed by atoms with Gasteiger partial charge < -0.3 is 10.2 Å². The largest absolute Gasteiger partial charge is 0.350 e. The van der Waals surface area contributed by atoms with Gasteiger partial charge in [0, 0.05) is 43.5 Å². The van der Waals surface area contributed by atoms with Crippen LogP contribution < -0.4 is 5.32 Å². The van der Waals surface area contributed by atoms with Crippen molar-refractivity contribution in [2.75, 3.05) is 13.6 Å². The lowest BCUT2D eigenvalue weighted by atomic mass is 10.0. The van der Waals surface area contributed by atoms with E-state index >= 15 is 0 Å². The molecule has 1 aliphatic carbocycles. The molecular formula is C33H45N7O2. The molecule has 9 heteroatoms. The summed E-state index contributed by atoms with van der Waals surface area (Å²) in [6.07, 6.45) is 24.2. The normalized spacial score (nSPS) is 16.5. The topological polar surface area (TPSA) is 114 Å². The van der Waals surface area contributed by atoms with Gasteiger partial charge in [-0.1, -0.05) is 52.0 Å². The Balaban J connectivity index is 3.34. The number of nitrogens with one attached hydrogen (secondary N) is 1. The standard InChI is InChI=1S/C33H45N7O2/c1-8-12-19-35-20-22-39(7)33(42)38-32(40(25-41)21-13-14-27(24-34)16-15-26(5)6)37-30-17-18-31(28(9-2)23-30)36-29(10-3)11-4/h8-9,12,14-20,22-23,25-26,29H,10-11,13,21H2,1-7H3,(H,37,38,42)/b12-8-,16-15-,22-20+,27-14+,28-9-,35-19-,36-31-. The summed E-state index contributed by atoms with van der Waals surface area (Å²) >= 11 is 0. The van der Waals surface area contributed by atoms with E-state index in [1.807, 2.05) is 64.2 Å². The maximum absolute atomic E-state index is 13.0. The molecule has 0 aromatic rings. The number of allylic oxidation sites excluding steroid dienone is 10. The minimum absolute atomic E-state index is 0.0593. The molecule has 42 heavy (non-hydrogen) atoms. The molecule has 0 aromatic carbocycles. The van der Waals surface area contributed by atoms with Crippen LogP contribution in [0.5, 0.6) is 0 Å². The Morgan fingerprint density at radius 2 is 1.93 bits per heavy atom. The van der Waals surface area contributed by atoms with Crippen LogP contribution in [0.2, 0.25) is 0 Å². The molecule has 0 unspecified atom stereocenters. The smallest absolute Gasteiger partial charge is 0.325 e. The van der Waals surface area contributed by atoms with Gasteiger partial charge in [0.2, 0.25) is 12.4 Å². The monoisotopic (exact) mass is 571 g/mol. The predicted octanol–water partition coefficient (Wildman–Crippen LogP) is 6.64. The number of guanidine groups is 1. The number of nitrogens with zero attached hydrogens (tertiary/aromatic N) is 6. The van der Waals surface area contributed by atoms with Crippen molar-refractivity contribution in [1.29, 1.82) is 5.26 Å². The molecule has 0 spiro atoms. The Labute approximate surface area is 251 Å². The van der Waals surface area contributed by atoms with E-state index in [4.69, 9.17) is 4.99 Å². The average molecular weight is 572 g/mol. The van der Waals surface area contributed by atoms with Gasteiger partial charge in [0.15, 0.2) is 0 Å². The Morgan fingerprint density at radius 3 is 2.52 bits per heavy atom. The Kier molecular flexibility index (Phi) is 17.1. The summed E-state index contributed by atoms with van der Waals surface area (Å²) < 4.78 is 0. The average Bonchev–Trinajstić information content (AvgIpc) is 2.99.